The van der Waals surface area contributed by atoms with Crippen molar-refractivity contribution in [2.24, 2.45) is 0 Å². The summed E-state index contributed by atoms with van der Waals surface area (Å²) in [5.41, 5.74) is 2.68. The van der Waals surface area contributed by atoms with Crippen LogP contribution in [-0.4, -0.2) is 32.2 Å². The minimum atomic E-state index is -0.290. The van der Waals surface area contributed by atoms with Gasteiger partial charge in [-0.05, 0) is 24.6 Å². The predicted molar refractivity (Wildman–Crippen MR) is 102 cm³/mol. The van der Waals surface area contributed by atoms with Gasteiger partial charge in [-0.15, -0.1) is 0 Å². The summed E-state index contributed by atoms with van der Waals surface area (Å²) in [6, 6.07) is 7.12. The molecule has 0 radical (unpaired) electrons. The molecule has 0 fully saturated rings. The van der Waals surface area contributed by atoms with E-state index >= 15 is 0 Å². The van der Waals surface area contributed by atoms with Crippen LogP contribution >= 0.6 is 11.6 Å². The Balaban J connectivity index is 2.07. The molecular formula is C19H19ClN2O4. The third-order valence-electron chi connectivity index (χ3n) is 4.15. The monoisotopic (exact) mass is 374 g/mol. The summed E-state index contributed by atoms with van der Waals surface area (Å²) in [6.45, 7) is 1.90. The van der Waals surface area contributed by atoms with E-state index in [1.54, 1.807) is 31.5 Å². The molecule has 0 aliphatic carbocycles. The third-order valence-corrected chi connectivity index (χ3v) is 4.55. The number of H-pyrrole nitrogens is 1. The Labute approximate surface area is 156 Å². The zero-order chi connectivity index (χ0) is 18.8. The van der Waals surface area contributed by atoms with E-state index in [1.165, 1.54) is 14.2 Å². The molecule has 26 heavy (non-hydrogen) atoms. The number of amides is 1. The minimum Gasteiger partial charge on any atom is -0.493 e. The maximum atomic E-state index is 12.8. The van der Waals surface area contributed by atoms with Gasteiger partial charge in [0.2, 0.25) is 5.75 Å². The second-order valence-electron chi connectivity index (χ2n) is 5.69. The molecule has 2 aromatic carbocycles. The second-order valence-corrected chi connectivity index (χ2v) is 6.10. The highest BCUT2D eigenvalue weighted by Crippen LogP contribution is 2.44. The molecule has 7 heteroatoms. The van der Waals surface area contributed by atoms with E-state index in [-0.39, 0.29) is 5.91 Å². The van der Waals surface area contributed by atoms with Crippen LogP contribution in [-0.2, 0) is 0 Å². The van der Waals surface area contributed by atoms with Crippen molar-refractivity contribution in [3.05, 3.63) is 46.6 Å². The molecule has 0 spiro atoms. The molecule has 2 N–H and O–H groups in total. The van der Waals surface area contributed by atoms with Crippen molar-refractivity contribution in [3.63, 3.8) is 0 Å². The van der Waals surface area contributed by atoms with Gasteiger partial charge in [-0.3, -0.25) is 4.79 Å². The molecule has 1 heterocycles. The van der Waals surface area contributed by atoms with Gasteiger partial charge in [0.1, 0.15) is 0 Å². The van der Waals surface area contributed by atoms with E-state index < -0.39 is 0 Å². The number of hydrogen-bond acceptors (Lipinski definition) is 4. The average Bonchev–Trinajstić information content (AvgIpc) is 3.06. The van der Waals surface area contributed by atoms with Crippen LogP contribution in [0.5, 0.6) is 17.2 Å². The summed E-state index contributed by atoms with van der Waals surface area (Å²) in [6.07, 6.45) is 1.62. The molecule has 3 rings (SSSR count). The Kier molecular flexibility index (Phi) is 4.95. The van der Waals surface area contributed by atoms with Gasteiger partial charge in [0.05, 0.1) is 37.8 Å². The normalized spacial score (nSPS) is 10.7. The smallest absolute Gasteiger partial charge is 0.257 e. The van der Waals surface area contributed by atoms with Crippen molar-refractivity contribution < 1.29 is 19.0 Å². The predicted octanol–water partition coefficient (Wildman–Crippen LogP) is 4.41. The van der Waals surface area contributed by atoms with E-state index in [0.717, 1.165) is 5.56 Å². The number of carbonyl (C=O) groups excluding carboxylic acids is 1. The number of anilines is 1. The number of aryl methyl sites for hydroxylation is 1. The number of aromatic nitrogens is 1. The first-order chi connectivity index (χ1) is 12.5. The van der Waals surface area contributed by atoms with Crippen molar-refractivity contribution in [3.8, 4) is 17.2 Å². The summed E-state index contributed by atoms with van der Waals surface area (Å²) < 4.78 is 16.2. The zero-order valence-electron chi connectivity index (χ0n) is 14.9. The van der Waals surface area contributed by atoms with Crippen molar-refractivity contribution in [2.45, 2.75) is 6.92 Å². The van der Waals surface area contributed by atoms with Crippen molar-refractivity contribution >= 4 is 34.1 Å². The SMILES string of the molecule is COc1cc2[nH]cc(C(=O)Nc3ccc(C)c(Cl)c3)c2c(OC)c1OC. The number of carbonyl (C=O) groups is 1. The highest BCUT2D eigenvalue weighted by molar-refractivity contribution is 6.31. The molecular weight excluding hydrogens is 356 g/mol. The number of aromatic amines is 1. The first-order valence-electron chi connectivity index (χ1n) is 7.87. The Morgan fingerprint density at radius 3 is 2.42 bits per heavy atom. The highest BCUT2D eigenvalue weighted by Gasteiger charge is 2.22. The van der Waals surface area contributed by atoms with E-state index in [0.29, 0.717) is 44.4 Å². The highest BCUT2D eigenvalue weighted by atomic mass is 35.5. The van der Waals surface area contributed by atoms with E-state index in [1.807, 2.05) is 13.0 Å². The summed E-state index contributed by atoms with van der Waals surface area (Å²) in [5.74, 6) is 1.07. The fraction of sp³-hybridized carbons (Fsp3) is 0.211. The van der Waals surface area contributed by atoms with Crippen LogP contribution in [0.2, 0.25) is 5.02 Å². The summed E-state index contributed by atoms with van der Waals surface area (Å²) in [5, 5.41) is 4.05. The molecule has 0 saturated carbocycles. The van der Waals surface area contributed by atoms with Crippen LogP contribution < -0.4 is 19.5 Å². The standard InChI is InChI=1S/C19H19ClN2O4/c1-10-5-6-11(7-13(10)20)22-19(23)12-9-21-14-8-15(24-2)17(25-3)18(26-4)16(12)14/h5-9,21H,1-4H3,(H,22,23). The molecule has 0 saturated heterocycles. The summed E-state index contributed by atoms with van der Waals surface area (Å²) in [7, 11) is 4.58. The van der Waals surface area contributed by atoms with Gasteiger partial charge in [-0.1, -0.05) is 17.7 Å². The summed E-state index contributed by atoms with van der Waals surface area (Å²) in [4.78, 5) is 15.9. The molecule has 0 unspecified atom stereocenters. The van der Waals surface area contributed by atoms with Crippen LogP contribution in [0.1, 0.15) is 15.9 Å². The number of nitrogens with one attached hydrogen (secondary N) is 2. The number of methoxy groups -OCH3 is 3. The van der Waals surface area contributed by atoms with E-state index in [9.17, 15) is 4.79 Å². The van der Waals surface area contributed by atoms with Crippen LogP contribution in [0.3, 0.4) is 0 Å². The Bertz CT molecular complexity index is 981. The Morgan fingerprint density at radius 1 is 1.08 bits per heavy atom. The van der Waals surface area contributed by atoms with Gasteiger partial charge < -0.3 is 24.5 Å². The Hall–Kier alpha value is -2.86. The quantitative estimate of drug-likeness (QED) is 0.694. The number of benzene rings is 2. The van der Waals surface area contributed by atoms with Gasteiger partial charge >= 0.3 is 0 Å². The zero-order valence-corrected chi connectivity index (χ0v) is 15.7. The van der Waals surface area contributed by atoms with Crippen molar-refractivity contribution in [2.75, 3.05) is 26.6 Å². The van der Waals surface area contributed by atoms with Crippen molar-refractivity contribution in [1.82, 2.24) is 4.98 Å². The molecule has 0 atom stereocenters. The minimum absolute atomic E-state index is 0.290. The molecule has 0 aliphatic rings. The maximum absolute atomic E-state index is 12.8. The van der Waals surface area contributed by atoms with Gasteiger partial charge in [0, 0.05) is 23.0 Å². The lowest BCUT2D eigenvalue weighted by atomic mass is 10.1. The van der Waals surface area contributed by atoms with Gasteiger partial charge in [-0.25, -0.2) is 0 Å². The number of rotatable bonds is 5. The maximum Gasteiger partial charge on any atom is 0.257 e. The molecule has 0 bridgehead atoms. The molecule has 6 nitrogen and oxygen atoms in total. The van der Waals surface area contributed by atoms with E-state index in [2.05, 4.69) is 10.3 Å². The largest absolute Gasteiger partial charge is 0.493 e. The molecule has 136 valence electrons. The van der Waals surface area contributed by atoms with Crippen LogP contribution in [0.4, 0.5) is 5.69 Å². The fourth-order valence-electron chi connectivity index (χ4n) is 2.81. The number of fused-ring (bicyclic) bond motifs is 1. The first-order valence-corrected chi connectivity index (χ1v) is 8.25. The number of hydrogen-bond donors (Lipinski definition) is 2. The van der Waals surface area contributed by atoms with Gasteiger partial charge in [0.25, 0.3) is 5.91 Å². The third kappa shape index (κ3) is 3.04. The van der Waals surface area contributed by atoms with Crippen LogP contribution in [0.25, 0.3) is 10.9 Å². The second kappa shape index (κ2) is 7.17. The lowest BCUT2D eigenvalue weighted by Crippen LogP contribution is -2.11. The molecule has 3 aromatic rings. The van der Waals surface area contributed by atoms with E-state index in [4.69, 9.17) is 25.8 Å². The molecule has 1 amide bonds. The van der Waals surface area contributed by atoms with Crippen LogP contribution in [0.15, 0.2) is 30.5 Å². The first kappa shape index (κ1) is 17.9. The average molecular weight is 375 g/mol. The lowest BCUT2D eigenvalue weighted by Gasteiger charge is -2.14. The topological polar surface area (TPSA) is 72.6 Å². The fourth-order valence-corrected chi connectivity index (χ4v) is 2.99. The molecule has 1 aromatic heterocycles. The van der Waals surface area contributed by atoms with Gasteiger partial charge in [0.15, 0.2) is 11.5 Å². The van der Waals surface area contributed by atoms with Crippen molar-refractivity contribution in [1.29, 1.82) is 0 Å². The van der Waals surface area contributed by atoms with Gasteiger partial charge in [-0.2, -0.15) is 0 Å². The molecule has 0 aliphatic heterocycles. The summed E-state index contributed by atoms with van der Waals surface area (Å²) >= 11 is 6.13. The lowest BCUT2D eigenvalue weighted by molar-refractivity contribution is 0.102. The Morgan fingerprint density at radius 2 is 1.81 bits per heavy atom. The number of halogens is 1. The number of ether oxygens (including phenoxy) is 3. The van der Waals surface area contributed by atoms with Crippen LogP contribution in [0, 0.1) is 6.92 Å².